The Labute approximate surface area is 121 Å². The summed E-state index contributed by atoms with van der Waals surface area (Å²) in [5.74, 6) is 1.18. The molecule has 6 heteroatoms. The summed E-state index contributed by atoms with van der Waals surface area (Å²) in [5.41, 5.74) is 0.297. The Kier molecular flexibility index (Phi) is 4.62. The highest BCUT2D eigenvalue weighted by Crippen LogP contribution is 2.45. The lowest BCUT2D eigenvalue weighted by Crippen LogP contribution is -2.49. The molecule has 1 aliphatic carbocycles. The summed E-state index contributed by atoms with van der Waals surface area (Å²) in [5, 5.41) is 5.74. The third-order valence-corrected chi connectivity index (χ3v) is 6.37. The number of carbonyl (C=O) groups is 1. The zero-order valence-electron chi connectivity index (χ0n) is 12.4. The number of carbonyl (C=O) groups excluding carboxylic acids is 1. The number of nitrogens with one attached hydrogen (secondary N) is 2. The second kappa shape index (κ2) is 5.92. The third-order valence-electron chi connectivity index (χ3n) is 4.41. The van der Waals surface area contributed by atoms with Crippen LogP contribution in [0.15, 0.2) is 0 Å². The normalized spacial score (nSPS) is 23.8. The largest absolute Gasteiger partial charge is 0.338 e. The number of hydrogen-bond donors (Lipinski definition) is 2. The monoisotopic (exact) mass is 302 g/mol. The van der Waals surface area contributed by atoms with Crippen LogP contribution >= 0.6 is 0 Å². The van der Waals surface area contributed by atoms with Gasteiger partial charge in [-0.15, -0.1) is 0 Å². The van der Waals surface area contributed by atoms with Crippen molar-refractivity contribution in [1.29, 1.82) is 0 Å². The SMILES string of the molecule is CC(C)CC1(CNC(=O)NCC2CS(=O)(=O)C2)CCC1. The van der Waals surface area contributed by atoms with Crippen molar-refractivity contribution in [1.82, 2.24) is 10.6 Å². The zero-order chi connectivity index (χ0) is 14.8. The Balaban J connectivity index is 1.65. The highest BCUT2D eigenvalue weighted by atomic mass is 32.2. The van der Waals surface area contributed by atoms with Crippen LogP contribution in [0.5, 0.6) is 0 Å². The lowest BCUT2D eigenvalue weighted by Gasteiger charge is -2.43. The van der Waals surface area contributed by atoms with Crippen LogP contribution in [0.3, 0.4) is 0 Å². The lowest BCUT2D eigenvalue weighted by atomic mass is 9.64. The molecule has 0 bridgehead atoms. The molecule has 2 rings (SSSR count). The van der Waals surface area contributed by atoms with Gasteiger partial charge in [0.15, 0.2) is 9.84 Å². The number of urea groups is 1. The minimum Gasteiger partial charge on any atom is -0.338 e. The first-order valence-electron chi connectivity index (χ1n) is 7.52. The van der Waals surface area contributed by atoms with Gasteiger partial charge in [-0.05, 0) is 30.6 Å². The quantitative estimate of drug-likeness (QED) is 0.781. The van der Waals surface area contributed by atoms with Crippen molar-refractivity contribution in [3.8, 4) is 0 Å². The van der Waals surface area contributed by atoms with Crippen molar-refractivity contribution < 1.29 is 13.2 Å². The first-order valence-corrected chi connectivity index (χ1v) is 9.35. The van der Waals surface area contributed by atoms with Crippen molar-refractivity contribution in [3.05, 3.63) is 0 Å². The molecule has 1 heterocycles. The molecule has 2 fully saturated rings. The fraction of sp³-hybridized carbons (Fsp3) is 0.929. The van der Waals surface area contributed by atoms with Gasteiger partial charge in [0.2, 0.25) is 0 Å². The fourth-order valence-electron chi connectivity index (χ4n) is 3.35. The van der Waals surface area contributed by atoms with Crippen molar-refractivity contribution in [2.45, 2.75) is 39.5 Å². The van der Waals surface area contributed by atoms with Crippen LogP contribution in [0.4, 0.5) is 4.79 Å². The molecule has 1 aliphatic heterocycles. The van der Waals surface area contributed by atoms with Crippen LogP contribution in [0.2, 0.25) is 0 Å². The van der Waals surface area contributed by atoms with Crippen LogP contribution in [0.25, 0.3) is 0 Å². The van der Waals surface area contributed by atoms with E-state index in [0.29, 0.717) is 17.9 Å². The van der Waals surface area contributed by atoms with Gasteiger partial charge in [-0.25, -0.2) is 13.2 Å². The minimum absolute atomic E-state index is 0.0964. The lowest BCUT2D eigenvalue weighted by molar-refractivity contribution is 0.101. The molecule has 0 radical (unpaired) electrons. The smallest absolute Gasteiger partial charge is 0.314 e. The molecule has 0 atom stereocenters. The molecule has 5 nitrogen and oxygen atoms in total. The van der Waals surface area contributed by atoms with Gasteiger partial charge in [0, 0.05) is 19.0 Å². The summed E-state index contributed by atoms with van der Waals surface area (Å²) in [6, 6.07) is -0.163. The van der Waals surface area contributed by atoms with Gasteiger partial charge in [-0.1, -0.05) is 20.3 Å². The summed E-state index contributed by atoms with van der Waals surface area (Å²) >= 11 is 0. The molecule has 1 saturated heterocycles. The van der Waals surface area contributed by atoms with Gasteiger partial charge < -0.3 is 10.6 Å². The molecular formula is C14H26N2O3S. The summed E-state index contributed by atoms with van der Waals surface area (Å²) in [6.45, 7) is 5.64. The Bertz CT molecular complexity index is 443. The van der Waals surface area contributed by atoms with Crippen LogP contribution in [0.1, 0.15) is 39.5 Å². The molecule has 0 aromatic heterocycles. The number of amides is 2. The first kappa shape index (κ1) is 15.6. The van der Waals surface area contributed by atoms with E-state index in [1.54, 1.807) is 0 Å². The van der Waals surface area contributed by atoms with Crippen molar-refractivity contribution in [2.24, 2.45) is 17.3 Å². The number of rotatable bonds is 6. The van der Waals surface area contributed by atoms with E-state index < -0.39 is 9.84 Å². The van der Waals surface area contributed by atoms with Gasteiger partial charge in [0.25, 0.3) is 0 Å². The molecule has 0 aromatic carbocycles. The Morgan fingerprint density at radius 2 is 1.90 bits per heavy atom. The van der Waals surface area contributed by atoms with Crippen LogP contribution in [0, 0.1) is 17.3 Å². The predicted molar refractivity (Wildman–Crippen MR) is 79.3 cm³/mol. The Morgan fingerprint density at radius 1 is 1.25 bits per heavy atom. The first-order chi connectivity index (χ1) is 9.30. The predicted octanol–water partition coefficient (Wildman–Crippen LogP) is 1.55. The number of sulfone groups is 1. The summed E-state index contributed by atoms with van der Waals surface area (Å²) in [7, 11) is -2.79. The van der Waals surface area contributed by atoms with Gasteiger partial charge in [0.05, 0.1) is 11.5 Å². The highest BCUT2D eigenvalue weighted by molar-refractivity contribution is 7.92. The molecular weight excluding hydrogens is 276 g/mol. The maximum absolute atomic E-state index is 11.7. The van der Waals surface area contributed by atoms with Crippen LogP contribution in [-0.4, -0.2) is 39.0 Å². The summed E-state index contributed by atoms with van der Waals surface area (Å²) < 4.78 is 22.0. The maximum atomic E-state index is 11.7. The topological polar surface area (TPSA) is 75.3 Å². The Morgan fingerprint density at radius 3 is 2.35 bits per heavy atom. The van der Waals surface area contributed by atoms with E-state index in [1.165, 1.54) is 19.3 Å². The van der Waals surface area contributed by atoms with Crippen LogP contribution in [-0.2, 0) is 9.84 Å². The standard InChI is InChI=1S/C14H26N2O3S/c1-11(2)6-14(4-3-5-14)10-16-13(17)15-7-12-8-20(18,19)9-12/h11-12H,3-10H2,1-2H3,(H2,15,16,17). The fourth-order valence-corrected chi connectivity index (χ4v) is 4.92. The van der Waals surface area contributed by atoms with Crippen molar-refractivity contribution >= 4 is 15.9 Å². The third kappa shape index (κ3) is 4.11. The van der Waals surface area contributed by atoms with Gasteiger partial charge in [-0.3, -0.25) is 0 Å². The number of hydrogen-bond acceptors (Lipinski definition) is 3. The molecule has 0 aromatic rings. The van der Waals surface area contributed by atoms with E-state index >= 15 is 0 Å². The molecule has 2 N–H and O–H groups in total. The van der Waals surface area contributed by atoms with E-state index in [9.17, 15) is 13.2 Å². The van der Waals surface area contributed by atoms with E-state index in [0.717, 1.165) is 13.0 Å². The van der Waals surface area contributed by atoms with Gasteiger partial charge in [0.1, 0.15) is 0 Å². The maximum Gasteiger partial charge on any atom is 0.314 e. The van der Waals surface area contributed by atoms with E-state index in [1.807, 2.05) is 0 Å². The highest BCUT2D eigenvalue weighted by Gasteiger charge is 2.37. The Hall–Kier alpha value is -0.780. The van der Waals surface area contributed by atoms with E-state index in [4.69, 9.17) is 0 Å². The second-order valence-electron chi connectivity index (χ2n) is 6.96. The average Bonchev–Trinajstić information content (AvgIpc) is 2.26. The van der Waals surface area contributed by atoms with Crippen molar-refractivity contribution in [2.75, 3.05) is 24.6 Å². The van der Waals surface area contributed by atoms with E-state index in [2.05, 4.69) is 24.5 Å². The molecule has 0 unspecified atom stereocenters. The van der Waals surface area contributed by atoms with Crippen molar-refractivity contribution in [3.63, 3.8) is 0 Å². The molecule has 0 spiro atoms. The molecule has 2 amide bonds. The minimum atomic E-state index is -2.79. The van der Waals surface area contributed by atoms with E-state index in [-0.39, 0.29) is 23.5 Å². The summed E-state index contributed by atoms with van der Waals surface area (Å²) in [6.07, 6.45) is 4.82. The van der Waals surface area contributed by atoms with Gasteiger partial charge >= 0.3 is 6.03 Å². The second-order valence-corrected chi connectivity index (χ2v) is 9.11. The molecule has 1 saturated carbocycles. The average molecular weight is 302 g/mol. The molecule has 2 aliphatic rings. The van der Waals surface area contributed by atoms with Crippen LogP contribution < -0.4 is 10.6 Å². The van der Waals surface area contributed by atoms with Gasteiger partial charge in [-0.2, -0.15) is 0 Å². The molecule has 20 heavy (non-hydrogen) atoms. The zero-order valence-corrected chi connectivity index (χ0v) is 13.3. The molecule has 116 valence electrons. The summed E-state index contributed by atoms with van der Waals surface area (Å²) in [4.78, 5) is 11.7.